The van der Waals surface area contributed by atoms with Crippen molar-refractivity contribution in [2.45, 2.75) is 26.2 Å². The molecule has 0 saturated carbocycles. The molecule has 1 aliphatic heterocycles. The second kappa shape index (κ2) is 6.43. The fourth-order valence-corrected chi connectivity index (χ4v) is 2.45. The van der Waals surface area contributed by atoms with Gasteiger partial charge in [0.25, 0.3) is 0 Å². The monoisotopic (exact) mass is 326 g/mol. The zero-order valence-corrected chi connectivity index (χ0v) is 14.2. The van der Waals surface area contributed by atoms with Gasteiger partial charge in [-0.2, -0.15) is 0 Å². The molecule has 1 heterocycles. The molecule has 0 radical (unpaired) electrons. The molecule has 0 saturated heterocycles. The molecule has 24 heavy (non-hydrogen) atoms. The molecule has 0 fully saturated rings. The first-order valence-corrected chi connectivity index (χ1v) is 7.96. The summed E-state index contributed by atoms with van der Waals surface area (Å²) in [5.41, 5.74) is 2.95. The summed E-state index contributed by atoms with van der Waals surface area (Å²) in [6, 6.07) is 13.5. The average Bonchev–Trinajstić information content (AvgIpc) is 3.00. The van der Waals surface area contributed by atoms with E-state index in [4.69, 9.17) is 9.47 Å². The Morgan fingerprint density at radius 3 is 2.38 bits per heavy atom. The molecule has 2 aromatic rings. The van der Waals surface area contributed by atoms with Crippen LogP contribution in [0.4, 0.5) is 11.4 Å². The molecule has 3 rings (SSSR count). The van der Waals surface area contributed by atoms with Crippen LogP contribution in [0.2, 0.25) is 0 Å². The smallest absolute Gasteiger partial charge is 0.243 e. The third-order valence-corrected chi connectivity index (χ3v) is 3.86. The van der Waals surface area contributed by atoms with Crippen LogP contribution in [0, 0.1) is 0 Å². The van der Waals surface area contributed by atoms with Gasteiger partial charge in [0, 0.05) is 17.4 Å². The van der Waals surface area contributed by atoms with Crippen molar-refractivity contribution in [3.8, 4) is 11.5 Å². The van der Waals surface area contributed by atoms with Gasteiger partial charge >= 0.3 is 0 Å². The molecule has 0 unspecified atom stereocenters. The lowest BCUT2D eigenvalue weighted by molar-refractivity contribution is -0.114. The Labute approximate surface area is 142 Å². The number of carbonyl (C=O) groups excluding carboxylic acids is 1. The van der Waals surface area contributed by atoms with E-state index in [-0.39, 0.29) is 24.7 Å². The molecule has 0 aliphatic carbocycles. The van der Waals surface area contributed by atoms with Crippen LogP contribution < -0.4 is 20.1 Å². The summed E-state index contributed by atoms with van der Waals surface area (Å²) in [5, 5.41) is 5.97. The Balaban J connectivity index is 1.54. The van der Waals surface area contributed by atoms with Gasteiger partial charge in [0.2, 0.25) is 12.7 Å². The van der Waals surface area contributed by atoms with Gasteiger partial charge in [-0.1, -0.05) is 32.9 Å². The maximum Gasteiger partial charge on any atom is 0.243 e. The number of nitrogens with one attached hydrogen (secondary N) is 2. The Morgan fingerprint density at radius 1 is 1.00 bits per heavy atom. The normalized spacial score (nSPS) is 12.8. The Bertz CT molecular complexity index is 733. The summed E-state index contributed by atoms with van der Waals surface area (Å²) >= 11 is 0. The van der Waals surface area contributed by atoms with Crippen LogP contribution in [0.5, 0.6) is 11.5 Å². The van der Waals surface area contributed by atoms with E-state index < -0.39 is 0 Å². The lowest BCUT2D eigenvalue weighted by Gasteiger charge is -2.19. The first-order valence-electron chi connectivity index (χ1n) is 7.96. The van der Waals surface area contributed by atoms with Crippen molar-refractivity contribution < 1.29 is 14.3 Å². The number of carbonyl (C=O) groups is 1. The van der Waals surface area contributed by atoms with Crippen LogP contribution in [-0.2, 0) is 10.2 Å². The first-order chi connectivity index (χ1) is 11.4. The van der Waals surface area contributed by atoms with Gasteiger partial charge in [0.1, 0.15) is 0 Å². The minimum atomic E-state index is -0.101. The topological polar surface area (TPSA) is 59.6 Å². The van der Waals surface area contributed by atoms with Gasteiger partial charge in [-0.3, -0.25) is 4.79 Å². The molecule has 2 aromatic carbocycles. The second-order valence-corrected chi connectivity index (χ2v) is 6.80. The molecule has 2 N–H and O–H groups in total. The molecule has 0 spiro atoms. The number of anilines is 2. The van der Waals surface area contributed by atoms with Crippen molar-refractivity contribution in [1.82, 2.24) is 0 Å². The number of amides is 1. The zero-order valence-electron chi connectivity index (χ0n) is 14.2. The Morgan fingerprint density at radius 2 is 1.67 bits per heavy atom. The minimum Gasteiger partial charge on any atom is -0.454 e. The maximum atomic E-state index is 12.1. The lowest BCUT2D eigenvalue weighted by atomic mass is 9.87. The van der Waals surface area contributed by atoms with E-state index >= 15 is 0 Å². The minimum absolute atomic E-state index is 0.101. The molecule has 0 bridgehead atoms. The van der Waals surface area contributed by atoms with E-state index in [9.17, 15) is 4.79 Å². The van der Waals surface area contributed by atoms with Gasteiger partial charge in [-0.15, -0.1) is 0 Å². The average molecular weight is 326 g/mol. The largest absolute Gasteiger partial charge is 0.454 e. The molecule has 126 valence electrons. The molecule has 1 amide bonds. The first kappa shape index (κ1) is 16.2. The second-order valence-electron chi connectivity index (χ2n) is 6.80. The van der Waals surface area contributed by atoms with Crippen LogP contribution in [0.15, 0.2) is 42.5 Å². The van der Waals surface area contributed by atoms with Gasteiger partial charge in [-0.25, -0.2) is 0 Å². The summed E-state index contributed by atoms with van der Waals surface area (Å²) < 4.78 is 10.6. The Kier molecular flexibility index (Phi) is 4.34. The van der Waals surface area contributed by atoms with Crippen molar-refractivity contribution >= 4 is 17.3 Å². The van der Waals surface area contributed by atoms with Crippen LogP contribution in [0.3, 0.4) is 0 Å². The molecule has 1 aliphatic rings. The standard InChI is InChI=1S/C19H22N2O3/c1-19(2,3)13-4-6-14(7-5-13)21-18(22)11-20-15-8-9-16-17(10-15)24-12-23-16/h4-10,20H,11-12H2,1-3H3,(H,21,22). The fraction of sp³-hybridized carbons (Fsp3) is 0.316. The highest BCUT2D eigenvalue weighted by atomic mass is 16.7. The summed E-state index contributed by atoms with van der Waals surface area (Å²) in [7, 11) is 0. The number of ether oxygens (including phenoxy) is 2. The van der Waals surface area contributed by atoms with Gasteiger partial charge in [0.15, 0.2) is 11.5 Å². The predicted octanol–water partition coefficient (Wildman–Crippen LogP) is 3.76. The van der Waals surface area contributed by atoms with Crippen LogP contribution in [0.1, 0.15) is 26.3 Å². The van der Waals surface area contributed by atoms with E-state index in [1.807, 2.05) is 42.5 Å². The van der Waals surface area contributed by atoms with E-state index in [1.54, 1.807) is 0 Å². The molecular formula is C19H22N2O3. The predicted molar refractivity (Wildman–Crippen MR) is 94.8 cm³/mol. The Hall–Kier alpha value is -2.69. The summed E-state index contributed by atoms with van der Waals surface area (Å²) in [5.74, 6) is 1.32. The van der Waals surface area contributed by atoms with Crippen LogP contribution >= 0.6 is 0 Å². The van der Waals surface area contributed by atoms with Crippen molar-refractivity contribution in [2.24, 2.45) is 0 Å². The molecule has 0 atom stereocenters. The number of hydrogen-bond donors (Lipinski definition) is 2. The van der Waals surface area contributed by atoms with Crippen LogP contribution in [-0.4, -0.2) is 19.2 Å². The van der Waals surface area contributed by atoms with Crippen molar-refractivity contribution in [3.05, 3.63) is 48.0 Å². The maximum absolute atomic E-state index is 12.1. The fourth-order valence-electron chi connectivity index (χ4n) is 2.45. The van der Waals surface area contributed by atoms with Crippen molar-refractivity contribution in [1.29, 1.82) is 0 Å². The third kappa shape index (κ3) is 3.79. The van der Waals surface area contributed by atoms with Gasteiger partial charge < -0.3 is 20.1 Å². The van der Waals surface area contributed by atoms with E-state index in [0.717, 1.165) is 17.1 Å². The lowest BCUT2D eigenvalue weighted by Crippen LogP contribution is -2.21. The molecular weight excluding hydrogens is 304 g/mol. The summed E-state index contributed by atoms with van der Waals surface area (Å²) in [6.07, 6.45) is 0. The van der Waals surface area contributed by atoms with Gasteiger partial charge in [-0.05, 0) is 35.2 Å². The van der Waals surface area contributed by atoms with Gasteiger partial charge in [0.05, 0.1) is 6.54 Å². The summed E-state index contributed by atoms with van der Waals surface area (Å²) in [6.45, 7) is 6.91. The summed E-state index contributed by atoms with van der Waals surface area (Å²) in [4.78, 5) is 12.1. The third-order valence-electron chi connectivity index (χ3n) is 3.86. The highest BCUT2D eigenvalue weighted by molar-refractivity contribution is 5.93. The molecule has 0 aromatic heterocycles. The number of hydrogen-bond acceptors (Lipinski definition) is 4. The molecule has 5 heteroatoms. The molecule has 5 nitrogen and oxygen atoms in total. The number of benzene rings is 2. The van der Waals surface area contributed by atoms with Crippen molar-refractivity contribution in [3.63, 3.8) is 0 Å². The zero-order chi connectivity index (χ0) is 17.2. The van der Waals surface area contributed by atoms with Crippen molar-refractivity contribution in [2.75, 3.05) is 24.0 Å². The highest BCUT2D eigenvalue weighted by Crippen LogP contribution is 2.34. The number of rotatable bonds is 4. The quantitative estimate of drug-likeness (QED) is 0.898. The van der Waals surface area contributed by atoms with E-state index in [2.05, 4.69) is 31.4 Å². The SMILES string of the molecule is CC(C)(C)c1ccc(NC(=O)CNc2ccc3c(c2)OCO3)cc1. The highest BCUT2D eigenvalue weighted by Gasteiger charge is 2.14. The van der Waals surface area contributed by atoms with Crippen LogP contribution in [0.25, 0.3) is 0 Å². The van der Waals surface area contributed by atoms with E-state index in [0.29, 0.717) is 5.75 Å². The number of fused-ring (bicyclic) bond motifs is 1. The van der Waals surface area contributed by atoms with E-state index in [1.165, 1.54) is 5.56 Å².